The second kappa shape index (κ2) is 5.09. The molecule has 1 fully saturated rings. The molecule has 3 aliphatic rings. The maximum absolute atomic E-state index is 12.3. The van der Waals surface area contributed by atoms with Gasteiger partial charge in [0.15, 0.2) is 0 Å². The average Bonchev–Trinajstić information content (AvgIpc) is 3.02. The smallest absolute Gasteiger partial charge is 0.266 e. The number of aryl methyl sites for hydroxylation is 1. The first-order chi connectivity index (χ1) is 10.2. The number of rotatable bonds is 2. The van der Waals surface area contributed by atoms with E-state index in [4.69, 9.17) is 0 Å². The lowest BCUT2D eigenvalue weighted by atomic mass is 9.74. The highest BCUT2D eigenvalue weighted by Gasteiger charge is 2.38. The van der Waals surface area contributed by atoms with E-state index in [9.17, 15) is 4.79 Å². The monoisotopic (exact) mass is 300 g/mol. The molecule has 1 heterocycles. The van der Waals surface area contributed by atoms with Gasteiger partial charge < -0.3 is 0 Å². The molecule has 3 atom stereocenters. The van der Waals surface area contributed by atoms with Crippen LogP contribution in [0, 0.1) is 17.8 Å². The van der Waals surface area contributed by atoms with Gasteiger partial charge in [0.1, 0.15) is 0 Å². The van der Waals surface area contributed by atoms with Crippen molar-refractivity contribution in [1.29, 1.82) is 0 Å². The number of nitrogens with zero attached hydrogens (tertiary/aromatic N) is 1. The zero-order chi connectivity index (χ0) is 14.4. The molecule has 0 spiro atoms. The first-order valence-electron chi connectivity index (χ1n) is 7.85. The summed E-state index contributed by atoms with van der Waals surface area (Å²) in [6, 6.07) is 2.08. The predicted molar refractivity (Wildman–Crippen MR) is 85.8 cm³/mol. The van der Waals surface area contributed by atoms with E-state index in [-0.39, 0.29) is 5.91 Å². The van der Waals surface area contributed by atoms with Gasteiger partial charge in [-0.2, -0.15) is 5.10 Å². The predicted octanol–water partition coefficient (Wildman–Crippen LogP) is 3.55. The largest absolute Gasteiger partial charge is 0.281 e. The van der Waals surface area contributed by atoms with Crippen LogP contribution in [-0.2, 0) is 12.8 Å². The molecule has 0 bridgehead atoms. The van der Waals surface area contributed by atoms with E-state index < -0.39 is 0 Å². The van der Waals surface area contributed by atoms with E-state index >= 15 is 0 Å². The van der Waals surface area contributed by atoms with Crippen LogP contribution in [0.4, 0.5) is 0 Å². The molecule has 1 saturated carbocycles. The van der Waals surface area contributed by atoms with E-state index in [0.717, 1.165) is 42.2 Å². The van der Waals surface area contributed by atoms with Crippen molar-refractivity contribution in [2.75, 3.05) is 0 Å². The second-order valence-corrected chi connectivity index (χ2v) is 7.73. The van der Waals surface area contributed by atoms with Crippen molar-refractivity contribution in [1.82, 2.24) is 5.43 Å². The van der Waals surface area contributed by atoms with Crippen molar-refractivity contribution >= 4 is 23.0 Å². The van der Waals surface area contributed by atoms with Gasteiger partial charge in [0.05, 0.1) is 4.88 Å². The van der Waals surface area contributed by atoms with Gasteiger partial charge in [0.25, 0.3) is 5.91 Å². The van der Waals surface area contributed by atoms with Gasteiger partial charge in [-0.25, -0.2) is 5.43 Å². The van der Waals surface area contributed by atoms with Crippen LogP contribution in [-0.4, -0.2) is 11.6 Å². The Bertz CT molecular complexity index is 643. The standard InChI is InChI=1S/C17H20N2OS/c1-10-5-6-15-12(7-10)9-16(21-15)17(20)19-18-14-8-11-3-2-4-13(11)14/h2-3,9-11,13H,4-8H2,1H3,(H,19,20)/b18-14-. The molecular formula is C17H20N2OS. The summed E-state index contributed by atoms with van der Waals surface area (Å²) in [5.41, 5.74) is 5.30. The number of hydrazone groups is 1. The lowest BCUT2D eigenvalue weighted by Crippen LogP contribution is -2.35. The second-order valence-electron chi connectivity index (χ2n) is 6.59. The van der Waals surface area contributed by atoms with Gasteiger partial charge in [-0.15, -0.1) is 11.3 Å². The molecule has 3 unspecified atom stereocenters. The molecule has 0 aliphatic heterocycles. The van der Waals surface area contributed by atoms with Crippen molar-refractivity contribution < 1.29 is 4.79 Å². The number of fused-ring (bicyclic) bond motifs is 2. The Morgan fingerprint density at radius 3 is 3.19 bits per heavy atom. The lowest BCUT2D eigenvalue weighted by Gasteiger charge is -2.31. The first-order valence-corrected chi connectivity index (χ1v) is 8.67. The molecule has 0 aromatic carbocycles. The SMILES string of the molecule is CC1CCc2sc(C(=O)N/N=C3/CC4C=CCC34)cc2C1. The molecule has 1 N–H and O–H groups in total. The van der Waals surface area contributed by atoms with Crippen molar-refractivity contribution in [3.05, 3.63) is 33.5 Å². The molecule has 3 nitrogen and oxygen atoms in total. The third-order valence-corrected chi connectivity index (χ3v) is 6.25. The summed E-state index contributed by atoms with van der Waals surface area (Å²) in [5.74, 6) is 1.94. The molecule has 3 aliphatic carbocycles. The third kappa shape index (κ3) is 2.35. The molecule has 1 amide bonds. The third-order valence-electron chi connectivity index (χ3n) is 5.02. The molecule has 110 valence electrons. The van der Waals surface area contributed by atoms with Crippen LogP contribution in [0.5, 0.6) is 0 Å². The van der Waals surface area contributed by atoms with Crippen LogP contribution >= 0.6 is 11.3 Å². The highest BCUT2D eigenvalue weighted by Crippen LogP contribution is 2.40. The lowest BCUT2D eigenvalue weighted by molar-refractivity contribution is 0.0958. The Labute approximate surface area is 129 Å². The molecule has 0 saturated heterocycles. The fraction of sp³-hybridized carbons (Fsp3) is 0.529. The summed E-state index contributed by atoms with van der Waals surface area (Å²) in [6.45, 7) is 2.29. The topological polar surface area (TPSA) is 41.5 Å². The number of nitrogens with one attached hydrogen (secondary N) is 1. The number of thiophene rings is 1. The molecule has 1 aromatic heterocycles. The summed E-state index contributed by atoms with van der Waals surface area (Å²) in [7, 11) is 0. The molecule has 0 radical (unpaired) electrons. The summed E-state index contributed by atoms with van der Waals surface area (Å²) in [4.78, 5) is 14.5. The number of amides is 1. The van der Waals surface area contributed by atoms with Crippen LogP contribution in [0.2, 0.25) is 0 Å². The van der Waals surface area contributed by atoms with Gasteiger partial charge in [0, 0.05) is 16.5 Å². The average molecular weight is 300 g/mol. The Kier molecular flexibility index (Phi) is 3.21. The summed E-state index contributed by atoms with van der Waals surface area (Å²) in [6.07, 6.45) is 10.1. The summed E-state index contributed by atoms with van der Waals surface area (Å²) >= 11 is 1.65. The molecule has 4 rings (SSSR count). The normalized spacial score (nSPS) is 31.7. The quantitative estimate of drug-likeness (QED) is 0.658. The number of hydrogen-bond donors (Lipinski definition) is 1. The molecule has 21 heavy (non-hydrogen) atoms. The van der Waals surface area contributed by atoms with Crippen LogP contribution in [0.1, 0.15) is 46.3 Å². The Balaban J connectivity index is 1.43. The van der Waals surface area contributed by atoms with Crippen LogP contribution in [0.15, 0.2) is 23.3 Å². The number of carbonyl (C=O) groups excluding carboxylic acids is 1. The van der Waals surface area contributed by atoms with Gasteiger partial charge in [-0.3, -0.25) is 4.79 Å². The van der Waals surface area contributed by atoms with E-state index in [1.165, 1.54) is 16.9 Å². The zero-order valence-electron chi connectivity index (χ0n) is 12.3. The number of hydrogen-bond acceptors (Lipinski definition) is 3. The fourth-order valence-corrected chi connectivity index (χ4v) is 4.76. The Morgan fingerprint density at radius 1 is 1.43 bits per heavy atom. The zero-order valence-corrected chi connectivity index (χ0v) is 13.1. The molecular weight excluding hydrogens is 280 g/mol. The minimum Gasteiger partial charge on any atom is -0.266 e. The van der Waals surface area contributed by atoms with Crippen molar-refractivity contribution in [3.63, 3.8) is 0 Å². The van der Waals surface area contributed by atoms with E-state index in [1.807, 2.05) is 0 Å². The van der Waals surface area contributed by atoms with Gasteiger partial charge in [0.2, 0.25) is 0 Å². The van der Waals surface area contributed by atoms with Gasteiger partial charge in [-0.1, -0.05) is 19.1 Å². The van der Waals surface area contributed by atoms with Crippen molar-refractivity contribution in [3.8, 4) is 0 Å². The minimum atomic E-state index is -0.0380. The maximum atomic E-state index is 12.3. The fourth-order valence-electron chi connectivity index (χ4n) is 3.66. The maximum Gasteiger partial charge on any atom is 0.281 e. The highest BCUT2D eigenvalue weighted by molar-refractivity contribution is 7.14. The van der Waals surface area contributed by atoms with Crippen LogP contribution in [0.3, 0.4) is 0 Å². The Morgan fingerprint density at radius 2 is 2.33 bits per heavy atom. The van der Waals surface area contributed by atoms with Crippen molar-refractivity contribution in [2.45, 2.75) is 39.0 Å². The first kappa shape index (κ1) is 13.3. The number of carbonyl (C=O) groups is 1. The van der Waals surface area contributed by atoms with Crippen LogP contribution < -0.4 is 5.43 Å². The number of allylic oxidation sites excluding steroid dienone is 2. The minimum absolute atomic E-state index is 0.0380. The van der Waals surface area contributed by atoms with E-state index in [0.29, 0.717) is 11.8 Å². The summed E-state index contributed by atoms with van der Waals surface area (Å²) < 4.78 is 0. The van der Waals surface area contributed by atoms with E-state index in [1.54, 1.807) is 11.3 Å². The molecule has 1 aromatic rings. The van der Waals surface area contributed by atoms with E-state index in [2.05, 4.69) is 35.7 Å². The Hall–Kier alpha value is -1.42. The molecule has 4 heteroatoms. The summed E-state index contributed by atoms with van der Waals surface area (Å²) in [5, 5.41) is 4.35. The van der Waals surface area contributed by atoms with Gasteiger partial charge >= 0.3 is 0 Å². The highest BCUT2D eigenvalue weighted by atomic mass is 32.1. The van der Waals surface area contributed by atoms with Crippen LogP contribution in [0.25, 0.3) is 0 Å². The van der Waals surface area contributed by atoms with Gasteiger partial charge in [-0.05, 0) is 55.6 Å². The van der Waals surface area contributed by atoms with Crippen molar-refractivity contribution in [2.24, 2.45) is 22.9 Å².